The first kappa shape index (κ1) is 8.91. The van der Waals surface area contributed by atoms with E-state index in [4.69, 9.17) is 0 Å². The first-order valence-electron chi connectivity index (χ1n) is 3.98. The number of phenols is 1. The summed E-state index contributed by atoms with van der Waals surface area (Å²) in [5.74, 6) is 0.349. The van der Waals surface area contributed by atoms with Crippen molar-refractivity contribution in [1.82, 2.24) is 0 Å². The predicted molar refractivity (Wildman–Crippen MR) is 60.0 cm³/mol. The van der Waals surface area contributed by atoms with Crippen molar-refractivity contribution in [3.05, 3.63) is 23.8 Å². The summed E-state index contributed by atoms with van der Waals surface area (Å²) in [4.78, 5) is 0. The van der Waals surface area contributed by atoms with Gasteiger partial charge in [0.05, 0.1) is 4.21 Å². The third-order valence-electron chi connectivity index (χ3n) is 2.06. The standard InChI is InChI=1S/C10H10OS2/c1-6-8-4-3-7(11)5-9(8)13-10(6)12-2/h3-5,11H,1-2H3. The maximum atomic E-state index is 9.30. The molecule has 1 N–H and O–H groups in total. The highest BCUT2D eigenvalue weighted by atomic mass is 32.2. The largest absolute Gasteiger partial charge is 0.508 e. The van der Waals surface area contributed by atoms with Crippen LogP contribution in [0.3, 0.4) is 0 Å². The highest BCUT2D eigenvalue weighted by Crippen LogP contribution is 2.37. The molecule has 0 amide bonds. The zero-order valence-electron chi connectivity index (χ0n) is 7.50. The second-order valence-corrected chi connectivity index (χ2v) is 5.03. The fourth-order valence-electron chi connectivity index (χ4n) is 1.39. The van der Waals surface area contributed by atoms with Crippen LogP contribution in [0.15, 0.2) is 22.4 Å². The first-order chi connectivity index (χ1) is 6.22. The summed E-state index contributed by atoms with van der Waals surface area (Å²) in [5, 5.41) is 10.6. The van der Waals surface area contributed by atoms with Crippen LogP contribution in [0.4, 0.5) is 0 Å². The Labute approximate surface area is 85.4 Å². The van der Waals surface area contributed by atoms with E-state index in [0.717, 1.165) is 0 Å². The van der Waals surface area contributed by atoms with E-state index in [2.05, 4.69) is 13.2 Å². The Kier molecular flexibility index (Phi) is 2.22. The second kappa shape index (κ2) is 3.24. The van der Waals surface area contributed by atoms with Gasteiger partial charge in [-0.2, -0.15) is 0 Å². The summed E-state index contributed by atoms with van der Waals surface area (Å²) in [6, 6.07) is 5.55. The van der Waals surface area contributed by atoms with Crippen molar-refractivity contribution >= 4 is 33.2 Å². The summed E-state index contributed by atoms with van der Waals surface area (Å²) in [5.41, 5.74) is 1.33. The van der Waals surface area contributed by atoms with Crippen molar-refractivity contribution in [2.75, 3.05) is 6.26 Å². The van der Waals surface area contributed by atoms with Crippen LogP contribution in [0, 0.1) is 6.92 Å². The lowest BCUT2D eigenvalue weighted by Crippen LogP contribution is -1.69. The molecule has 1 aromatic carbocycles. The minimum absolute atomic E-state index is 0.349. The third kappa shape index (κ3) is 1.42. The van der Waals surface area contributed by atoms with Crippen LogP contribution in [-0.4, -0.2) is 11.4 Å². The number of benzene rings is 1. The minimum Gasteiger partial charge on any atom is -0.508 e. The zero-order chi connectivity index (χ0) is 9.42. The summed E-state index contributed by atoms with van der Waals surface area (Å²) in [6.07, 6.45) is 2.08. The van der Waals surface area contributed by atoms with Crippen LogP contribution in [0.5, 0.6) is 5.75 Å². The van der Waals surface area contributed by atoms with Gasteiger partial charge in [-0.25, -0.2) is 0 Å². The SMILES string of the molecule is CSc1sc2cc(O)ccc2c1C. The molecule has 2 aromatic rings. The van der Waals surface area contributed by atoms with Gasteiger partial charge in [0, 0.05) is 4.70 Å². The van der Waals surface area contributed by atoms with Crippen molar-refractivity contribution in [3.63, 3.8) is 0 Å². The molecule has 0 aliphatic heterocycles. The topological polar surface area (TPSA) is 20.2 Å². The van der Waals surface area contributed by atoms with Crippen molar-refractivity contribution in [2.24, 2.45) is 0 Å². The molecule has 68 valence electrons. The average molecular weight is 210 g/mol. The Balaban J connectivity index is 2.76. The second-order valence-electron chi connectivity index (χ2n) is 2.90. The maximum Gasteiger partial charge on any atom is 0.117 e. The number of aromatic hydroxyl groups is 1. The Morgan fingerprint density at radius 1 is 1.38 bits per heavy atom. The third-order valence-corrected chi connectivity index (χ3v) is 4.54. The summed E-state index contributed by atoms with van der Waals surface area (Å²) >= 11 is 3.50. The molecular formula is C10H10OS2. The zero-order valence-corrected chi connectivity index (χ0v) is 9.13. The van der Waals surface area contributed by atoms with E-state index in [9.17, 15) is 5.11 Å². The van der Waals surface area contributed by atoms with E-state index in [1.54, 1.807) is 29.2 Å². The highest BCUT2D eigenvalue weighted by molar-refractivity contribution is 8.00. The van der Waals surface area contributed by atoms with Gasteiger partial charge in [0.25, 0.3) is 0 Å². The molecular weight excluding hydrogens is 200 g/mol. The van der Waals surface area contributed by atoms with Crippen LogP contribution >= 0.6 is 23.1 Å². The molecule has 0 aliphatic rings. The molecule has 3 heteroatoms. The van der Waals surface area contributed by atoms with Gasteiger partial charge in [-0.1, -0.05) is 0 Å². The van der Waals surface area contributed by atoms with Gasteiger partial charge in [0.1, 0.15) is 5.75 Å². The molecule has 0 radical (unpaired) electrons. The molecule has 0 saturated heterocycles. The van der Waals surface area contributed by atoms with Crippen LogP contribution in [-0.2, 0) is 0 Å². The molecule has 1 heterocycles. The van der Waals surface area contributed by atoms with Crippen LogP contribution in [0.25, 0.3) is 10.1 Å². The summed E-state index contributed by atoms with van der Waals surface area (Å²) in [6.45, 7) is 2.13. The Hall–Kier alpha value is -0.670. The lowest BCUT2D eigenvalue weighted by molar-refractivity contribution is 0.476. The number of hydrogen-bond acceptors (Lipinski definition) is 3. The number of aryl methyl sites for hydroxylation is 1. The fourth-order valence-corrected chi connectivity index (χ4v) is 3.38. The number of rotatable bonds is 1. The molecule has 13 heavy (non-hydrogen) atoms. The predicted octanol–water partition coefficient (Wildman–Crippen LogP) is 3.64. The van der Waals surface area contributed by atoms with E-state index < -0.39 is 0 Å². The van der Waals surface area contributed by atoms with Crippen LogP contribution < -0.4 is 0 Å². The Morgan fingerprint density at radius 3 is 2.85 bits per heavy atom. The van der Waals surface area contributed by atoms with E-state index in [-0.39, 0.29) is 0 Å². The Bertz CT molecular complexity index is 445. The van der Waals surface area contributed by atoms with Crippen molar-refractivity contribution in [3.8, 4) is 5.75 Å². The Morgan fingerprint density at radius 2 is 2.15 bits per heavy atom. The number of thioether (sulfide) groups is 1. The molecule has 0 fully saturated rings. The highest BCUT2D eigenvalue weighted by Gasteiger charge is 2.07. The van der Waals surface area contributed by atoms with Gasteiger partial charge in [0.2, 0.25) is 0 Å². The smallest absolute Gasteiger partial charge is 0.117 e. The van der Waals surface area contributed by atoms with Gasteiger partial charge in [-0.15, -0.1) is 23.1 Å². The molecule has 2 rings (SSSR count). The number of fused-ring (bicyclic) bond motifs is 1. The van der Waals surface area contributed by atoms with Gasteiger partial charge in [-0.3, -0.25) is 0 Å². The summed E-state index contributed by atoms with van der Waals surface area (Å²) < 4.78 is 2.50. The van der Waals surface area contributed by atoms with Gasteiger partial charge in [-0.05, 0) is 42.3 Å². The first-order valence-corrected chi connectivity index (χ1v) is 6.02. The normalized spacial score (nSPS) is 10.9. The molecule has 1 nitrogen and oxygen atoms in total. The lowest BCUT2D eigenvalue weighted by Gasteiger charge is -1.92. The van der Waals surface area contributed by atoms with E-state index in [1.807, 2.05) is 12.1 Å². The van der Waals surface area contributed by atoms with Gasteiger partial charge in [0.15, 0.2) is 0 Å². The fraction of sp³-hybridized carbons (Fsp3) is 0.200. The van der Waals surface area contributed by atoms with E-state index in [1.165, 1.54) is 19.9 Å². The molecule has 0 saturated carbocycles. The van der Waals surface area contributed by atoms with Crippen LogP contribution in [0.2, 0.25) is 0 Å². The van der Waals surface area contributed by atoms with Crippen LogP contribution in [0.1, 0.15) is 5.56 Å². The van der Waals surface area contributed by atoms with E-state index in [0.29, 0.717) is 5.75 Å². The lowest BCUT2D eigenvalue weighted by atomic mass is 10.2. The van der Waals surface area contributed by atoms with Crippen molar-refractivity contribution in [2.45, 2.75) is 11.1 Å². The maximum absolute atomic E-state index is 9.30. The number of phenolic OH excluding ortho intramolecular Hbond substituents is 1. The average Bonchev–Trinajstić information content (AvgIpc) is 2.42. The quantitative estimate of drug-likeness (QED) is 0.725. The molecule has 0 spiro atoms. The molecule has 1 aromatic heterocycles. The van der Waals surface area contributed by atoms with Crippen molar-refractivity contribution < 1.29 is 5.11 Å². The molecule has 0 atom stereocenters. The van der Waals surface area contributed by atoms with Gasteiger partial charge >= 0.3 is 0 Å². The van der Waals surface area contributed by atoms with Gasteiger partial charge < -0.3 is 5.11 Å². The number of thiophene rings is 1. The molecule has 0 unspecified atom stereocenters. The monoisotopic (exact) mass is 210 g/mol. The molecule has 0 aliphatic carbocycles. The molecule has 0 bridgehead atoms. The minimum atomic E-state index is 0.349. The number of hydrogen-bond donors (Lipinski definition) is 1. The van der Waals surface area contributed by atoms with E-state index >= 15 is 0 Å². The van der Waals surface area contributed by atoms with Crippen molar-refractivity contribution in [1.29, 1.82) is 0 Å². The summed E-state index contributed by atoms with van der Waals surface area (Å²) in [7, 11) is 0.